The maximum atomic E-state index is 5.97. The van der Waals surface area contributed by atoms with Crippen LogP contribution in [-0.4, -0.2) is 25.0 Å². The third-order valence-corrected chi connectivity index (χ3v) is 3.46. The van der Waals surface area contributed by atoms with Crippen LogP contribution in [0.3, 0.4) is 0 Å². The summed E-state index contributed by atoms with van der Waals surface area (Å²) in [6.45, 7) is 1.85. The van der Waals surface area contributed by atoms with Gasteiger partial charge in [-0.1, -0.05) is 36.8 Å². The standard InChI is InChI=1S/C14H18N2O/c1-2-6-11(7-3-1)13-10-16-14(17-13)12-8-4-5-9-15-12/h1-3,6-7,12-13,15H,4-5,8-10H2. The second-order valence-electron chi connectivity index (χ2n) is 4.70. The summed E-state index contributed by atoms with van der Waals surface area (Å²) in [5, 5.41) is 3.48. The minimum Gasteiger partial charge on any atom is -0.470 e. The summed E-state index contributed by atoms with van der Waals surface area (Å²) >= 11 is 0. The third kappa shape index (κ3) is 2.34. The van der Waals surface area contributed by atoms with Gasteiger partial charge in [-0.2, -0.15) is 0 Å². The Balaban J connectivity index is 1.64. The van der Waals surface area contributed by atoms with Crippen molar-refractivity contribution in [3.8, 4) is 0 Å². The first-order chi connectivity index (χ1) is 8.43. The molecule has 0 aliphatic carbocycles. The van der Waals surface area contributed by atoms with E-state index < -0.39 is 0 Å². The van der Waals surface area contributed by atoms with Crippen molar-refractivity contribution >= 4 is 5.90 Å². The molecule has 0 amide bonds. The Kier molecular flexibility index (Phi) is 3.10. The number of ether oxygens (including phenoxy) is 1. The lowest BCUT2D eigenvalue weighted by atomic mass is 10.1. The van der Waals surface area contributed by atoms with Gasteiger partial charge in [0.1, 0.15) is 6.10 Å². The van der Waals surface area contributed by atoms with E-state index in [1.54, 1.807) is 0 Å². The first kappa shape index (κ1) is 10.8. The fraction of sp³-hybridized carbons (Fsp3) is 0.500. The van der Waals surface area contributed by atoms with Crippen LogP contribution >= 0.6 is 0 Å². The Morgan fingerprint density at radius 2 is 2.06 bits per heavy atom. The summed E-state index contributed by atoms with van der Waals surface area (Å²) in [5.41, 5.74) is 1.22. The molecule has 3 nitrogen and oxygen atoms in total. The topological polar surface area (TPSA) is 33.6 Å². The van der Waals surface area contributed by atoms with Gasteiger partial charge in [-0.3, -0.25) is 0 Å². The molecule has 1 aromatic carbocycles. The highest BCUT2D eigenvalue weighted by molar-refractivity contribution is 5.83. The molecule has 1 N–H and O–H groups in total. The second kappa shape index (κ2) is 4.88. The van der Waals surface area contributed by atoms with Gasteiger partial charge >= 0.3 is 0 Å². The highest BCUT2D eigenvalue weighted by Crippen LogP contribution is 2.25. The molecule has 3 heteroatoms. The van der Waals surface area contributed by atoms with Crippen molar-refractivity contribution in [3.63, 3.8) is 0 Å². The van der Waals surface area contributed by atoms with Crippen molar-refractivity contribution in [3.05, 3.63) is 35.9 Å². The molecule has 2 aliphatic rings. The fourth-order valence-corrected chi connectivity index (χ4v) is 2.49. The number of rotatable bonds is 2. The van der Waals surface area contributed by atoms with Gasteiger partial charge in [-0.15, -0.1) is 0 Å². The monoisotopic (exact) mass is 230 g/mol. The fourth-order valence-electron chi connectivity index (χ4n) is 2.49. The maximum Gasteiger partial charge on any atom is 0.201 e. The Morgan fingerprint density at radius 1 is 1.18 bits per heavy atom. The van der Waals surface area contributed by atoms with Crippen LogP contribution in [0.4, 0.5) is 0 Å². The molecule has 0 bridgehead atoms. The molecule has 1 saturated heterocycles. The molecule has 17 heavy (non-hydrogen) atoms. The summed E-state index contributed by atoms with van der Waals surface area (Å²) in [5.74, 6) is 0.915. The molecule has 0 aromatic heterocycles. The number of aliphatic imine (C=N–C) groups is 1. The quantitative estimate of drug-likeness (QED) is 0.845. The summed E-state index contributed by atoms with van der Waals surface area (Å²) in [7, 11) is 0. The van der Waals surface area contributed by atoms with E-state index in [4.69, 9.17) is 4.74 Å². The zero-order valence-corrected chi connectivity index (χ0v) is 9.93. The van der Waals surface area contributed by atoms with Crippen LogP contribution in [0.25, 0.3) is 0 Å². The number of benzene rings is 1. The van der Waals surface area contributed by atoms with E-state index in [0.29, 0.717) is 6.04 Å². The Bertz CT molecular complexity index is 396. The number of nitrogens with one attached hydrogen (secondary N) is 1. The lowest BCUT2D eigenvalue weighted by molar-refractivity contribution is 0.213. The van der Waals surface area contributed by atoms with E-state index in [-0.39, 0.29) is 6.10 Å². The second-order valence-corrected chi connectivity index (χ2v) is 4.70. The molecule has 0 spiro atoms. The molecule has 90 valence electrons. The number of hydrogen-bond donors (Lipinski definition) is 1. The van der Waals surface area contributed by atoms with Crippen molar-refractivity contribution in [1.29, 1.82) is 0 Å². The molecule has 3 rings (SSSR count). The van der Waals surface area contributed by atoms with Crippen LogP contribution in [0, 0.1) is 0 Å². The molecule has 1 aromatic rings. The molecule has 1 fully saturated rings. The number of hydrogen-bond acceptors (Lipinski definition) is 3. The molecule has 2 heterocycles. The highest BCUT2D eigenvalue weighted by Gasteiger charge is 2.28. The van der Waals surface area contributed by atoms with Gasteiger partial charge in [0.05, 0.1) is 12.6 Å². The lowest BCUT2D eigenvalue weighted by Crippen LogP contribution is -2.40. The molecule has 2 atom stereocenters. The van der Waals surface area contributed by atoms with E-state index in [0.717, 1.165) is 25.4 Å². The molecule has 0 radical (unpaired) electrons. The first-order valence-corrected chi connectivity index (χ1v) is 6.43. The smallest absolute Gasteiger partial charge is 0.201 e. The van der Waals surface area contributed by atoms with E-state index in [1.165, 1.54) is 18.4 Å². The van der Waals surface area contributed by atoms with Crippen LogP contribution in [0.15, 0.2) is 35.3 Å². The van der Waals surface area contributed by atoms with Gasteiger partial charge in [0.15, 0.2) is 0 Å². The Labute approximate surface area is 102 Å². The van der Waals surface area contributed by atoms with Crippen molar-refractivity contribution in [2.45, 2.75) is 31.4 Å². The summed E-state index contributed by atoms with van der Waals surface area (Å²) < 4.78 is 5.97. The Morgan fingerprint density at radius 3 is 2.82 bits per heavy atom. The van der Waals surface area contributed by atoms with E-state index in [2.05, 4.69) is 34.6 Å². The zero-order valence-electron chi connectivity index (χ0n) is 9.93. The van der Waals surface area contributed by atoms with Crippen molar-refractivity contribution < 1.29 is 4.74 Å². The Hall–Kier alpha value is -1.35. The van der Waals surface area contributed by atoms with E-state index in [1.807, 2.05) is 6.07 Å². The van der Waals surface area contributed by atoms with Gasteiger partial charge in [0.25, 0.3) is 0 Å². The minimum absolute atomic E-state index is 0.120. The molecule has 2 aliphatic heterocycles. The van der Waals surface area contributed by atoms with E-state index >= 15 is 0 Å². The normalized spacial score (nSPS) is 28.6. The average molecular weight is 230 g/mol. The zero-order chi connectivity index (χ0) is 11.5. The molecular weight excluding hydrogens is 212 g/mol. The highest BCUT2D eigenvalue weighted by atomic mass is 16.5. The van der Waals surface area contributed by atoms with Crippen molar-refractivity contribution in [1.82, 2.24) is 5.32 Å². The SMILES string of the molecule is c1ccc(C2CN=C(C3CCCCN3)O2)cc1. The number of piperidine rings is 1. The third-order valence-electron chi connectivity index (χ3n) is 3.46. The van der Waals surface area contributed by atoms with Gasteiger partial charge < -0.3 is 10.1 Å². The van der Waals surface area contributed by atoms with Crippen molar-refractivity contribution in [2.24, 2.45) is 4.99 Å². The lowest BCUT2D eigenvalue weighted by Gasteiger charge is -2.23. The predicted octanol–water partition coefficient (Wildman–Crippen LogP) is 2.30. The van der Waals surface area contributed by atoms with Crippen LogP contribution in [0.1, 0.15) is 30.9 Å². The van der Waals surface area contributed by atoms with Crippen LogP contribution in [0.5, 0.6) is 0 Å². The van der Waals surface area contributed by atoms with Gasteiger partial charge in [0.2, 0.25) is 5.90 Å². The predicted molar refractivity (Wildman–Crippen MR) is 68.2 cm³/mol. The summed E-state index contributed by atoms with van der Waals surface area (Å²) in [6.07, 6.45) is 3.82. The van der Waals surface area contributed by atoms with Crippen LogP contribution < -0.4 is 5.32 Å². The maximum absolute atomic E-state index is 5.97. The van der Waals surface area contributed by atoms with Gasteiger partial charge in [0, 0.05) is 0 Å². The number of nitrogens with zero attached hydrogens (tertiary/aromatic N) is 1. The van der Waals surface area contributed by atoms with Gasteiger partial charge in [-0.05, 0) is 24.9 Å². The van der Waals surface area contributed by atoms with E-state index in [9.17, 15) is 0 Å². The average Bonchev–Trinajstić information content (AvgIpc) is 2.90. The minimum atomic E-state index is 0.120. The first-order valence-electron chi connectivity index (χ1n) is 6.43. The summed E-state index contributed by atoms with van der Waals surface area (Å²) in [4.78, 5) is 4.55. The molecular formula is C14H18N2O. The van der Waals surface area contributed by atoms with Crippen LogP contribution in [-0.2, 0) is 4.74 Å². The van der Waals surface area contributed by atoms with Crippen molar-refractivity contribution in [2.75, 3.05) is 13.1 Å². The van der Waals surface area contributed by atoms with Gasteiger partial charge in [-0.25, -0.2) is 4.99 Å². The largest absolute Gasteiger partial charge is 0.470 e. The molecule has 2 unspecified atom stereocenters. The summed E-state index contributed by atoms with van der Waals surface area (Å²) in [6, 6.07) is 10.7. The van der Waals surface area contributed by atoms with Crippen LogP contribution in [0.2, 0.25) is 0 Å². The molecule has 0 saturated carbocycles.